The largest absolute Gasteiger partial charge is 0.633 e. The summed E-state index contributed by atoms with van der Waals surface area (Å²) in [5.74, 6) is 0. The van der Waals surface area contributed by atoms with Gasteiger partial charge in [-0.05, 0) is 30.3 Å². The molecule has 9 heteroatoms. The third kappa shape index (κ3) is 3.80. The van der Waals surface area contributed by atoms with E-state index in [0.29, 0.717) is 12.1 Å². The Bertz CT molecular complexity index is 967. The van der Waals surface area contributed by atoms with Crippen LogP contribution in [0.1, 0.15) is 12.0 Å². The van der Waals surface area contributed by atoms with Crippen molar-refractivity contribution in [3.8, 4) is 0 Å². The van der Waals surface area contributed by atoms with Crippen LogP contribution in [0.25, 0.3) is 0 Å². The van der Waals surface area contributed by atoms with Crippen molar-refractivity contribution < 1.29 is 26.2 Å². The summed E-state index contributed by atoms with van der Waals surface area (Å²) in [6, 6.07) is 8.85. The highest BCUT2D eigenvalue weighted by atomic mass is 32.2. The van der Waals surface area contributed by atoms with E-state index >= 15 is 0 Å². The fraction of sp³-hybridized carbons (Fsp3) is 0.333. The van der Waals surface area contributed by atoms with Gasteiger partial charge in [0.1, 0.15) is 0 Å². The van der Waals surface area contributed by atoms with Crippen LogP contribution in [0, 0.1) is 5.21 Å². The Morgan fingerprint density at radius 3 is 2.30 bits per heavy atom. The standard InChI is InChI=1S/C18H19F3N2O3S/c1-23(2,24)11-5-10-22-14-6-3-4-7-16(14)27(25,26)17-9-8-13(12-15(17)22)18(19,20)21/h3-4,6-9,12H,5,10-11H2,1-2H3. The Kier molecular flexibility index (Phi) is 4.73. The van der Waals surface area contributed by atoms with Gasteiger partial charge < -0.3 is 14.8 Å². The zero-order chi connectivity index (χ0) is 20.0. The summed E-state index contributed by atoms with van der Waals surface area (Å²) >= 11 is 0. The smallest absolute Gasteiger partial charge is 0.416 e. The van der Waals surface area contributed by atoms with Crippen LogP contribution >= 0.6 is 0 Å². The predicted octanol–water partition coefficient (Wildman–Crippen LogP) is 3.95. The van der Waals surface area contributed by atoms with Crippen molar-refractivity contribution in [1.82, 2.24) is 0 Å². The Morgan fingerprint density at radius 2 is 1.67 bits per heavy atom. The number of anilines is 2. The van der Waals surface area contributed by atoms with E-state index in [1.54, 1.807) is 23.1 Å². The van der Waals surface area contributed by atoms with Crippen LogP contribution in [0.15, 0.2) is 52.3 Å². The van der Waals surface area contributed by atoms with Crippen LogP contribution in [0.2, 0.25) is 0 Å². The number of nitrogens with zero attached hydrogens (tertiary/aromatic N) is 2. The molecule has 2 aromatic carbocycles. The van der Waals surface area contributed by atoms with Gasteiger partial charge in [0.25, 0.3) is 0 Å². The average Bonchev–Trinajstić information content (AvgIpc) is 2.56. The summed E-state index contributed by atoms with van der Waals surface area (Å²) in [5.41, 5.74) is -0.610. The number of hydrogen-bond acceptors (Lipinski definition) is 4. The van der Waals surface area contributed by atoms with E-state index in [1.165, 1.54) is 20.2 Å². The molecule has 2 aromatic rings. The van der Waals surface area contributed by atoms with Crippen LogP contribution in [-0.2, 0) is 16.0 Å². The van der Waals surface area contributed by atoms with Gasteiger partial charge >= 0.3 is 6.18 Å². The lowest BCUT2D eigenvalue weighted by Gasteiger charge is -2.36. The number of rotatable bonds is 4. The number of hydrogen-bond donors (Lipinski definition) is 0. The van der Waals surface area contributed by atoms with Crippen molar-refractivity contribution in [3.05, 3.63) is 53.2 Å². The lowest BCUT2D eigenvalue weighted by atomic mass is 10.1. The highest BCUT2D eigenvalue weighted by Crippen LogP contribution is 2.46. The highest BCUT2D eigenvalue weighted by Gasteiger charge is 2.37. The number of benzene rings is 2. The van der Waals surface area contributed by atoms with Gasteiger partial charge in [-0.25, -0.2) is 8.42 Å². The van der Waals surface area contributed by atoms with Crippen LogP contribution in [0.5, 0.6) is 0 Å². The van der Waals surface area contributed by atoms with E-state index in [0.717, 1.165) is 18.2 Å². The summed E-state index contributed by atoms with van der Waals surface area (Å²) in [6.07, 6.45) is -4.20. The minimum absolute atomic E-state index is 0.0141. The highest BCUT2D eigenvalue weighted by molar-refractivity contribution is 7.92. The summed E-state index contributed by atoms with van der Waals surface area (Å²) in [6.45, 7) is 0.477. The van der Waals surface area contributed by atoms with Crippen LogP contribution in [0.3, 0.4) is 0 Å². The number of fused-ring (bicyclic) bond motifs is 2. The Hall–Kier alpha value is -2.10. The molecule has 27 heavy (non-hydrogen) atoms. The molecule has 0 aromatic heterocycles. The molecule has 0 N–H and O–H groups in total. The van der Waals surface area contributed by atoms with E-state index in [9.17, 15) is 26.8 Å². The second-order valence-electron chi connectivity index (χ2n) is 6.95. The van der Waals surface area contributed by atoms with Gasteiger partial charge in [0.15, 0.2) is 0 Å². The first-order valence-corrected chi connectivity index (χ1v) is 9.76. The zero-order valence-electron chi connectivity index (χ0n) is 14.8. The molecule has 0 saturated heterocycles. The van der Waals surface area contributed by atoms with Gasteiger partial charge in [-0.1, -0.05) is 12.1 Å². The number of hydroxylamine groups is 3. The monoisotopic (exact) mass is 400 g/mol. The van der Waals surface area contributed by atoms with Gasteiger partial charge in [0.05, 0.1) is 47.4 Å². The third-order valence-corrected chi connectivity index (χ3v) is 6.24. The molecule has 0 aliphatic carbocycles. The molecule has 0 radical (unpaired) electrons. The van der Waals surface area contributed by atoms with Crippen molar-refractivity contribution >= 4 is 21.2 Å². The normalized spacial score (nSPS) is 16.0. The van der Waals surface area contributed by atoms with Crippen LogP contribution in [-0.4, -0.2) is 40.2 Å². The molecule has 3 rings (SSSR count). The molecule has 0 fully saturated rings. The maximum absolute atomic E-state index is 13.2. The fourth-order valence-corrected chi connectivity index (χ4v) is 4.78. The number of halogens is 3. The predicted molar refractivity (Wildman–Crippen MR) is 95.3 cm³/mol. The first-order valence-electron chi connectivity index (χ1n) is 8.28. The van der Waals surface area contributed by atoms with E-state index in [4.69, 9.17) is 0 Å². The van der Waals surface area contributed by atoms with Gasteiger partial charge in [0, 0.05) is 13.0 Å². The Balaban J connectivity index is 2.13. The lowest BCUT2D eigenvalue weighted by Crippen LogP contribution is -2.36. The fourth-order valence-electron chi connectivity index (χ4n) is 3.14. The zero-order valence-corrected chi connectivity index (χ0v) is 15.6. The molecular formula is C18H19F3N2O3S. The van der Waals surface area contributed by atoms with Crippen LogP contribution in [0.4, 0.5) is 24.5 Å². The summed E-state index contributed by atoms with van der Waals surface area (Å²) < 4.78 is 64.7. The molecule has 1 heterocycles. The van der Waals surface area contributed by atoms with E-state index < -0.39 is 26.2 Å². The molecule has 0 bridgehead atoms. The minimum Gasteiger partial charge on any atom is -0.633 e. The van der Waals surface area contributed by atoms with Gasteiger partial charge in [0.2, 0.25) is 9.84 Å². The molecule has 146 valence electrons. The molecule has 1 aliphatic rings. The molecule has 0 saturated carbocycles. The number of para-hydroxylation sites is 1. The van der Waals surface area contributed by atoms with E-state index in [1.807, 2.05) is 0 Å². The molecular weight excluding hydrogens is 381 g/mol. The molecule has 5 nitrogen and oxygen atoms in total. The van der Waals surface area contributed by atoms with Crippen molar-refractivity contribution in [1.29, 1.82) is 0 Å². The first kappa shape index (κ1) is 19.7. The molecule has 0 atom stereocenters. The summed E-state index contributed by atoms with van der Waals surface area (Å²) in [7, 11) is -0.972. The summed E-state index contributed by atoms with van der Waals surface area (Å²) in [5, 5.41) is 11.8. The quantitative estimate of drug-likeness (QED) is 0.576. The van der Waals surface area contributed by atoms with Crippen molar-refractivity contribution in [3.63, 3.8) is 0 Å². The molecule has 0 amide bonds. The molecule has 1 aliphatic heterocycles. The van der Waals surface area contributed by atoms with E-state index in [2.05, 4.69) is 0 Å². The number of sulfone groups is 1. The number of alkyl halides is 3. The maximum atomic E-state index is 13.2. The summed E-state index contributed by atoms with van der Waals surface area (Å²) in [4.78, 5) is 1.44. The SMILES string of the molecule is C[N+](C)([O-])CCCN1c2ccccc2S(=O)(=O)c2ccc(C(F)(F)F)cc21. The second-order valence-corrected chi connectivity index (χ2v) is 8.84. The van der Waals surface area contributed by atoms with Gasteiger partial charge in [-0.3, -0.25) is 0 Å². The van der Waals surface area contributed by atoms with Crippen molar-refractivity contribution in [2.75, 3.05) is 32.1 Å². The Labute approximate surface area is 155 Å². The van der Waals surface area contributed by atoms with Gasteiger partial charge in [-0.15, -0.1) is 0 Å². The van der Waals surface area contributed by atoms with Crippen molar-refractivity contribution in [2.45, 2.75) is 22.4 Å². The van der Waals surface area contributed by atoms with E-state index in [-0.39, 0.29) is 28.6 Å². The topological polar surface area (TPSA) is 60.4 Å². The van der Waals surface area contributed by atoms with Crippen LogP contribution < -0.4 is 4.90 Å². The van der Waals surface area contributed by atoms with Crippen molar-refractivity contribution in [2.24, 2.45) is 0 Å². The second kappa shape index (κ2) is 6.50. The Morgan fingerprint density at radius 1 is 1.04 bits per heavy atom. The first-order chi connectivity index (χ1) is 12.4. The van der Waals surface area contributed by atoms with Gasteiger partial charge in [-0.2, -0.15) is 13.2 Å². The lowest BCUT2D eigenvalue weighted by molar-refractivity contribution is -0.840. The third-order valence-electron chi connectivity index (χ3n) is 4.39. The molecule has 0 spiro atoms. The minimum atomic E-state index is -4.59. The average molecular weight is 400 g/mol. The maximum Gasteiger partial charge on any atom is 0.416 e. The number of quaternary nitrogens is 1. The molecule has 0 unspecified atom stereocenters.